The van der Waals surface area contributed by atoms with Crippen LogP contribution in [0, 0.1) is 17.0 Å². The highest BCUT2D eigenvalue weighted by atomic mass is 32.2. The number of hydrogen-bond acceptors (Lipinski definition) is 8. The summed E-state index contributed by atoms with van der Waals surface area (Å²) in [4.78, 5) is 23.2. The standard InChI is InChI=1S/C19H20N2O8S/c1-3-20-30(25,26)16-5-4-12(2)17(8-16)19(22)28-10-14-7-15(21(23)24)6-13-9-27-11-29-18(13)14/h4-8,20H,3,9-11H2,1-2H3. The van der Waals surface area contributed by atoms with Crippen molar-refractivity contribution in [3.8, 4) is 5.75 Å². The average Bonchev–Trinajstić information content (AvgIpc) is 2.71. The molecule has 0 unspecified atom stereocenters. The summed E-state index contributed by atoms with van der Waals surface area (Å²) in [6.45, 7) is 3.34. The molecular formula is C19H20N2O8S. The predicted octanol–water partition coefficient (Wildman–Crippen LogP) is 2.42. The van der Waals surface area contributed by atoms with Crippen LogP contribution >= 0.6 is 0 Å². The quantitative estimate of drug-likeness (QED) is 0.397. The highest BCUT2D eigenvalue weighted by Crippen LogP contribution is 2.33. The van der Waals surface area contributed by atoms with Gasteiger partial charge in [0.25, 0.3) is 5.69 Å². The Balaban J connectivity index is 1.86. The zero-order valence-electron chi connectivity index (χ0n) is 16.3. The van der Waals surface area contributed by atoms with Gasteiger partial charge < -0.3 is 14.2 Å². The van der Waals surface area contributed by atoms with Gasteiger partial charge in [-0.3, -0.25) is 10.1 Å². The molecule has 0 fully saturated rings. The Kier molecular flexibility index (Phi) is 6.34. The maximum atomic E-state index is 12.6. The van der Waals surface area contributed by atoms with Gasteiger partial charge in [-0.05, 0) is 24.6 Å². The number of nitrogens with zero attached hydrogens (tertiary/aromatic N) is 1. The molecule has 3 rings (SSSR count). The number of nitro benzene ring substituents is 1. The van der Waals surface area contributed by atoms with Crippen LogP contribution in [0.3, 0.4) is 0 Å². The lowest BCUT2D eigenvalue weighted by atomic mass is 10.1. The van der Waals surface area contributed by atoms with Crippen molar-refractivity contribution in [2.75, 3.05) is 13.3 Å². The van der Waals surface area contributed by atoms with E-state index in [1.807, 2.05) is 0 Å². The SMILES string of the molecule is CCNS(=O)(=O)c1ccc(C)c(C(=O)OCc2cc([N+](=O)[O-])cc3c2OCOC3)c1. The maximum Gasteiger partial charge on any atom is 0.338 e. The number of nitro groups is 1. The third-order valence-corrected chi connectivity index (χ3v) is 5.96. The van der Waals surface area contributed by atoms with Crippen LogP contribution in [0.4, 0.5) is 5.69 Å². The predicted molar refractivity (Wildman–Crippen MR) is 105 cm³/mol. The van der Waals surface area contributed by atoms with E-state index in [1.165, 1.54) is 30.3 Å². The molecule has 160 valence electrons. The lowest BCUT2D eigenvalue weighted by Crippen LogP contribution is -2.23. The largest absolute Gasteiger partial charge is 0.467 e. The topological polar surface area (TPSA) is 134 Å². The minimum atomic E-state index is -3.74. The molecule has 0 amide bonds. The van der Waals surface area contributed by atoms with E-state index in [1.54, 1.807) is 13.8 Å². The average molecular weight is 436 g/mol. The molecule has 1 N–H and O–H groups in total. The third-order valence-electron chi connectivity index (χ3n) is 4.41. The molecule has 0 aliphatic carbocycles. The maximum absolute atomic E-state index is 12.6. The summed E-state index contributed by atoms with van der Waals surface area (Å²) < 4.78 is 42.7. The first kappa shape index (κ1) is 21.7. The zero-order valence-corrected chi connectivity index (χ0v) is 17.2. The van der Waals surface area contributed by atoms with Crippen LogP contribution < -0.4 is 9.46 Å². The molecule has 1 aliphatic heterocycles. The lowest BCUT2D eigenvalue weighted by Gasteiger charge is -2.20. The summed E-state index contributed by atoms with van der Waals surface area (Å²) in [5.74, 6) is -0.381. The van der Waals surface area contributed by atoms with Gasteiger partial charge in [-0.15, -0.1) is 0 Å². The second-order valence-corrected chi connectivity index (χ2v) is 8.28. The van der Waals surface area contributed by atoms with Gasteiger partial charge in [0.2, 0.25) is 10.0 Å². The van der Waals surface area contributed by atoms with Crippen molar-refractivity contribution < 1.29 is 32.3 Å². The second-order valence-electron chi connectivity index (χ2n) is 6.52. The molecule has 30 heavy (non-hydrogen) atoms. The van der Waals surface area contributed by atoms with Gasteiger partial charge in [0.1, 0.15) is 12.4 Å². The lowest BCUT2D eigenvalue weighted by molar-refractivity contribution is -0.385. The number of sulfonamides is 1. The van der Waals surface area contributed by atoms with Crippen LogP contribution in [0.15, 0.2) is 35.2 Å². The minimum Gasteiger partial charge on any atom is -0.467 e. The zero-order chi connectivity index (χ0) is 21.9. The molecule has 0 saturated carbocycles. The summed E-state index contributed by atoms with van der Waals surface area (Å²) in [7, 11) is -3.74. The monoisotopic (exact) mass is 436 g/mol. The van der Waals surface area contributed by atoms with E-state index in [2.05, 4.69) is 4.72 Å². The van der Waals surface area contributed by atoms with Gasteiger partial charge in [-0.1, -0.05) is 13.0 Å². The van der Waals surface area contributed by atoms with E-state index in [9.17, 15) is 23.3 Å². The van der Waals surface area contributed by atoms with Gasteiger partial charge in [0.15, 0.2) is 6.79 Å². The normalized spacial score (nSPS) is 13.3. The van der Waals surface area contributed by atoms with Gasteiger partial charge >= 0.3 is 5.97 Å². The summed E-state index contributed by atoms with van der Waals surface area (Å²) in [6, 6.07) is 6.77. The smallest absolute Gasteiger partial charge is 0.338 e. The van der Waals surface area contributed by atoms with Crippen LogP contribution in [0.2, 0.25) is 0 Å². The van der Waals surface area contributed by atoms with Crippen LogP contribution in [-0.2, 0) is 32.7 Å². The first-order chi connectivity index (χ1) is 14.2. The minimum absolute atomic E-state index is 0.0187. The fourth-order valence-electron chi connectivity index (χ4n) is 2.98. The van der Waals surface area contributed by atoms with Crippen molar-refractivity contribution in [2.45, 2.75) is 32.0 Å². The molecule has 0 aromatic heterocycles. The van der Waals surface area contributed by atoms with E-state index in [4.69, 9.17) is 14.2 Å². The Hall–Kier alpha value is -3.02. The molecule has 0 spiro atoms. The number of non-ortho nitro benzene ring substituents is 1. The number of hydrogen-bond donors (Lipinski definition) is 1. The van der Waals surface area contributed by atoms with E-state index in [0.29, 0.717) is 22.4 Å². The van der Waals surface area contributed by atoms with Crippen LogP contribution in [0.5, 0.6) is 5.75 Å². The van der Waals surface area contributed by atoms with E-state index in [0.717, 1.165) is 0 Å². The van der Waals surface area contributed by atoms with Gasteiger partial charge in [0, 0.05) is 29.8 Å². The molecule has 1 heterocycles. The van der Waals surface area contributed by atoms with Crippen LogP contribution in [0.1, 0.15) is 34.0 Å². The second kappa shape index (κ2) is 8.78. The number of fused-ring (bicyclic) bond motifs is 1. The van der Waals surface area contributed by atoms with E-state index < -0.39 is 20.9 Å². The Morgan fingerprint density at radius 3 is 2.77 bits per heavy atom. The number of benzene rings is 2. The van der Waals surface area contributed by atoms with Gasteiger partial charge in [-0.25, -0.2) is 17.9 Å². The van der Waals surface area contributed by atoms with Crippen molar-refractivity contribution in [3.05, 3.63) is 62.7 Å². The van der Waals surface area contributed by atoms with Crippen LogP contribution in [-0.4, -0.2) is 32.6 Å². The molecule has 11 heteroatoms. The number of rotatable bonds is 7. The van der Waals surface area contributed by atoms with Crippen molar-refractivity contribution in [2.24, 2.45) is 0 Å². The van der Waals surface area contributed by atoms with Gasteiger partial charge in [0.05, 0.1) is 22.0 Å². The summed E-state index contributed by atoms with van der Waals surface area (Å²) in [5.41, 5.74) is 1.24. The molecule has 10 nitrogen and oxygen atoms in total. The number of carbonyl (C=O) groups excluding carboxylic acids is 1. The van der Waals surface area contributed by atoms with E-state index in [-0.39, 0.29) is 42.7 Å². The van der Waals surface area contributed by atoms with Crippen LogP contribution in [0.25, 0.3) is 0 Å². The Bertz CT molecular complexity index is 1100. The molecule has 0 atom stereocenters. The van der Waals surface area contributed by atoms with Gasteiger partial charge in [-0.2, -0.15) is 0 Å². The summed E-state index contributed by atoms with van der Waals surface area (Å²) >= 11 is 0. The fourth-order valence-corrected chi connectivity index (χ4v) is 4.04. The first-order valence-electron chi connectivity index (χ1n) is 9.01. The molecular weight excluding hydrogens is 416 g/mol. The molecule has 2 aromatic rings. The number of nitrogens with one attached hydrogen (secondary N) is 1. The Morgan fingerprint density at radius 1 is 1.30 bits per heavy atom. The Morgan fingerprint density at radius 2 is 2.07 bits per heavy atom. The number of carbonyl (C=O) groups is 1. The molecule has 0 saturated heterocycles. The Labute approximate surface area is 173 Å². The molecule has 2 aromatic carbocycles. The van der Waals surface area contributed by atoms with Crippen molar-refractivity contribution in [1.29, 1.82) is 0 Å². The summed E-state index contributed by atoms with van der Waals surface area (Å²) in [5, 5.41) is 11.2. The number of aryl methyl sites for hydroxylation is 1. The van der Waals surface area contributed by atoms with Crippen molar-refractivity contribution in [3.63, 3.8) is 0 Å². The number of ether oxygens (including phenoxy) is 3. The van der Waals surface area contributed by atoms with Crippen molar-refractivity contribution >= 4 is 21.7 Å². The molecule has 1 aliphatic rings. The first-order valence-corrected chi connectivity index (χ1v) is 10.5. The van der Waals surface area contributed by atoms with Crippen molar-refractivity contribution in [1.82, 2.24) is 4.72 Å². The fraction of sp³-hybridized carbons (Fsp3) is 0.316. The highest BCUT2D eigenvalue weighted by Gasteiger charge is 2.23. The van der Waals surface area contributed by atoms with E-state index >= 15 is 0 Å². The molecule has 0 bridgehead atoms. The molecule has 0 radical (unpaired) electrons. The third kappa shape index (κ3) is 4.58. The summed E-state index contributed by atoms with van der Waals surface area (Å²) in [6.07, 6.45) is 0. The number of esters is 1. The highest BCUT2D eigenvalue weighted by molar-refractivity contribution is 7.89.